The largest absolute Gasteiger partial charge is 0.350 e. The fourth-order valence-corrected chi connectivity index (χ4v) is 4.24. The van der Waals surface area contributed by atoms with Gasteiger partial charge in [-0.3, -0.25) is 23.5 Å². The van der Waals surface area contributed by atoms with Crippen LogP contribution in [0.15, 0.2) is 42.5 Å². The van der Waals surface area contributed by atoms with Crippen LogP contribution in [0.1, 0.15) is 38.8 Å². The number of carbonyl (C=O) groups is 3. The van der Waals surface area contributed by atoms with Crippen molar-refractivity contribution in [1.29, 1.82) is 0 Å². The second-order valence-electron chi connectivity index (χ2n) is 9.25. The van der Waals surface area contributed by atoms with Gasteiger partial charge in [0.05, 0.1) is 0 Å². The molecule has 0 heterocycles. The van der Waals surface area contributed by atoms with Gasteiger partial charge in [0.15, 0.2) is 0 Å². The predicted molar refractivity (Wildman–Crippen MR) is 134 cm³/mol. The molecule has 2 N–H and O–H groups in total. The minimum absolute atomic E-state index is 0.347. The van der Waals surface area contributed by atoms with Gasteiger partial charge in [0.25, 0.3) is 0 Å². The van der Waals surface area contributed by atoms with Crippen LogP contribution in [0.25, 0.3) is 0 Å². The molecule has 34 heavy (non-hydrogen) atoms. The van der Waals surface area contributed by atoms with Crippen LogP contribution in [-0.4, -0.2) is 45.0 Å². The molecular formula is C25H32FN3O4S. The molecule has 0 aliphatic heterocycles. The van der Waals surface area contributed by atoms with Gasteiger partial charge in [0, 0.05) is 27.7 Å². The van der Waals surface area contributed by atoms with Gasteiger partial charge in [-0.1, -0.05) is 17.7 Å². The van der Waals surface area contributed by atoms with E-state index in [-0.39, 0.29) is 5.91 Å². The molecule has 0 aliphatic carbocycles. The molecule has 184 valence electrons. The van der Waals surface area contributed by atoms with Crippen molar-refractivity contribution in [3.63, 3.8) is 0 Å². The molecule has 0 saturated carbocycles. The number of nitrogens with one attached hydrogen (secondary N) is 2. The van der Waals surface area contributed by atoms with E-state index in [2.05, 4.69) is 10.6 Å². The summed E-state index contributed by atoms with van der Waals surface area (Å²) in [6.45, 7) is 10.9. The van der Waals surface area contributed by atoms with E-state index in [1.165, 1.54) is 29.2 Å². The number of hydrogen-bond donors (Lipinski definition) is 2. The highest BCUT2D eigenvalue weighted by atomic mass is 32.2. The van der Waals surface area contributed by atoms with Gasteiger partial charge >= 0.3 is 0 Å². The van der Waals surface area contributed by atoms with E-state index in [9.17, 15) is 23.0 Å². The number of carbonyl (C=O) groups excluding carboxylic acids is 3. The molecule has 0 fully saturated rings. The lowest BCUT2D eigenvalue weighted by molar-refractivity contribution is -0.126. The monoisotopic (exact) mass is 489 g/mol. The first-order valence-electron chi connectivity index (χ1n) is 10.9. The maximum Gasteiger partial charge on any atom is 0.243 e. The summed E-state index contributed by atoms with van der Waals surface area (Å²) >= 11 is 0. The van der Waals surface area contributed by atoms with Crippen molar-refractivity contribution >= 4 is 39.9 Å². The fraction of sp³-hybridized carbons (Fsp3) is 0.400. The Balaban J connectivity index is 2.18. The van der Waals surface area contributed by atoms with Crippen molar-refractivity contribution in [3.05, 3.63) is 59.4 Å². The average Bonchev–Trinajstić information content (AvgIpc) is 2.70. The van der Waals surface area contributed by atoms with E-state index in [1.54, 1.807) is 13.0 Å². The number of rotatable bonds is 8. The van der Waals surface area contributed by atoms with Gasteiger partial charge in [-0.05, 0) is 77.4 Å². The van der Waals surface area contributed by atoms with E-state index in [4.69, 9.17) is 0 Å². The van der Waals surface area contributed by atoms with Crippen molar-refractivity contribution in [2.75, 3.05) is 21.7 Å². The normalized spacial score (nSPS) is 13.0. The summed E-state index contributed by atoms with van der Waals surface area (Å²) in [7, 11) is -1.82. The zero-order valence-corrected chi connectivity index (χ0v) is 21.2. The van der Waals surface area contributed by atoms with Crippen molar-refractivity contribution in [2.45, 2.75) is 53.1 Å². The third kappa shape index (κ3) is 8.06. The van der Waals surface area contributed by atoms with E-state index in [0.29, 0.717) is 11.4 Å². The molecule has 0 aromatic heterocycles. The Labute approximate surface area is 202 Å². The van der Waals surface area contributed by atoms with E-state index in [0.717, 1.165) is 11.1 Å². The second kappa shape index (κ2) is 11.4. The lowest BCUT2D eigenvalue weighted by Gasteiger charge is -2.32. The quantitative estimate of drug-likeness (QED) is 0.594. The Bertz CT molecular complexity index is 1080. The average molecular weight is 490 g/mol. The van der Waals surface area contributed by atoms with Crippen LogP contribution in [0.5, 0.6) is 0 Å². The highest BCUT2D eigenvalue weighted by Gasteiger charge is 2.31. The first kappa shape index (κ1) is 27.2. The lowest BCUT2D eigenvalue weighted by atomic mass is 10.1. The Hall–Kier alpha value is -3.07. The second-order valence-corrected chi connectivity index (χ2v) is 10.7. The molecule has 0 bridgehead atoms. The van der Waals surface area contributed by atoms with Crippen molar-refractivity contribution in [1.82, 2.24) is 5.32 Å². The van der Waals surface area contributed by atoms with Crippen molar-refractivity contribution in [3.8, 4) is 0 Å². The molecule has 0 radical (unpaired) electrons. The first-order valence-corrected chi connectivity index (χ1v) is 12.4. The number of amides is 3. The molecule has 0 aliphatic rings. The van der Waals surface area contributed by atoms with Crippen LogP contribution < -0.4 is 15.5 Å². The molecular weight excluding hydrogens is 457 g/mol. The highest BCUT2D eigenvalue weighted by Crippen LogP contribution is 2.24. The summed E-state index contributed by atoms with van der Waals surface area (Å²) in [4.78, 5) is 39.7. The first-order chi connectivity index (χ1) is 15.8. The number of aryl methyl sites for hydroxylation is 2. The minimum atomic E-state index is -1.82. The van der Waals surface area contributed by atoms with E-state index < -0.39 is 51.5 Å². The standard InChI is InChI=1S/C25H32FN3O4S/c1-16-7-12-21(17(2)13-16)29(18(3)24(32)28-25(4,5)6)23(31)15-34(33)14-22(30)27-20-10-8-19(26)9-11-20/h7-13,18H,14-15H2,1-6H3,(H,27,30)(H,28,32)/t18-,34+/m0/s1. The fourth-order valence-electron chi connectivity index (χ4n) is 3.36. The third-order valence-electron chi connectivity index (χ3n) is 4.85. The summed E-state index contributed by atoms with van der Waals surface area (Å²) in [5.74, 6) is -2.72. The van der Waals surface area contributed by atoms with Gasteiger partial charge in [0.2, 0.25) is 17.7 Å². The summed E-state index contributed by atoms with van der Waals surface area (Å²) in [5, 5.41) is 5.40. The van der Waals surface area contributed by atoms with E-state index >= 15 is 0 Å². The van der Waals surface area contributed by atoms with E-state index in [1.807, 2.05) is 46.8 Å². The van der Waals surface area contributed by atoms with Gasteiger partial charge in [-0.15, -0.1) is 0 Å². The Morgan fingerprint density at radius 3 is 2.21 bits per heavy atom. The van der Waals surface area contributed by atoms with Gasteiger partial charge in [0.1, 0.15) is 23.4 Å². The number of halogens is 1. The summed E-state index contributed by atoms with van der Waals surface area (Å²) < 4.78 is 25.7. The molecule has 0 spiro atoms. The van der Waals surface area contributed by atoms with Crippen LogP contribution in [-0.2, 0) is 25.2 Å². The van der Waals surface area contributed by atoms with Crippen LogP contribution in [0, 0.1) is 19.7 Å². The summed E-state index contributed by atoms with van der Waals surface area (Å²) in [6.07, 6.45) is 0. The zero-order valence-electron chi connectivity index (χ0n) is 20.4. The molecule has 0 saturated heterocycles. The zero-order chi connectivity index (χ0) is 25.6. The molecule has 2 aromatic rings. The van der Waals surface area contributed by atoms with Crippen molar-refractivity contribution < 1.29 is 23.0 Å². The smallest absolute Gasteiger partial charge is 0.243 e. The summed E-state index contributed by atoms with van der Waals surface area (Å²) in [5.41, 5.74) is 2.20. The Morgan fingerprint density at radius 2 is 1.65 bits per heavy atom. The molecule has 2 atom stereocenters. The Morgan fingerprint density at radius 1 is 1.03 bits per heavy atom. The van der Waals surface area contributed by atoms with Crippen LogP contribution in [0.2, 0.25) is 0 Å². The number of nitrogens with zero attached hydrogens (tertiary/aromatic N) is 1. The van der Waals surface area contributed by atoms with Gasteiger partial charge in [-0.25, -0.2) is 4.39 Å². The Kier molecular flexibility index (Phi) is 9.09. The predicted octanol–water partition coefficient (Wildman–Crippen LogP) is 3.47. The third-order valence-corrected chi connectivity index (χ3v) is 6.00. The molecule has 0 unspecified atom stereocenters. The maximum atomic E-state index is 13.3. The maximum absolute atomic E-state index is 13.3. The number of benzene rings is 2. The lowest BCUT2D eigenvalue weighted by Crippen LogP contribution is -2.54. The van der Waals surface area contributed by atoms with Crippen LogP contribution >= 0.6 is 0 Å². The molecule has 2 aromatic carbocycles. The topological polar surface area (TPSA) is 95.6 Å². The SMILES string of the molecule is Cc1ccc(N(C(=O)C[S@](=O)CC(=O)Nc2ccc(F)cc2)[C@@H](C)C(=O)NC(C)(C)C)c(C)c1. The molecule has 9 heteroatoms. The molecule has 3 amide bonds. The molecule has 2 rings (SSSR count). The number of anilines is 2. The van der Waals surface area contributed by atoms with Crippen LogP contribution in [0.4, 0.5) is 15.8 Å². The molecule has 7 nitrogen and oxygen atoms in total. The summed E-state index contributed by atoms with van der Waals surface area (Å²) in [6, 6.07) is 9.80. The van der Waals surface area contributed by atoms with Gasteiger partial charge < -0.3 is 10.6 Å². The number of hydrogen-bond acceptors (Lipinski definition) is 4. The van der Waals surface area contributed by atoms with Crippen molar-refractivity contribution in [2.24, 2.45) is 0 Å². The van der Waals surface area contributed by atoms with Gasteiger partial charge in [-0.2, -0.15) is 0 Å². The minimum Gasteiger partial charge on any atom is -0.350 e. The van der Waals surface area contributed by atoms with Crippen LogP contribution in [0.3, 0.4) is 0 Å². The highest BCUT2D eigenvalue weighted by molar-refractivity contribution is 7.86.